The van der Waals surface area contributed by atoms with Gasteiger partial charge >= 0.3 is 6.61 Å². The van der Waals surface area contributed by atoms with Crippen molar-refractivity contribution in [3.05, 3.63) is 53.0 Å². The van der Waals surface area contributed by atoms with Crippen molar-refractivity contribution in [2.75, 3.05) is 11.1 Å². The lowest BCUT2D eigenvalue weighted by Crippen LogP contribution is -2.14. The van der Waals surface area contributed by atoms with Gasteiger partial charge in [-0.05, 0) is 59.0 Å². The van der Waals surface area contributed by atoms with Crippen LogP contribution in [0.15, 0.2) is 58.2 Å². The second-order valence-corrected chi connectivity index (χ2v) is 6.95. The highest BCUT2D eigenvalue weighted by Crippen LogP contribution is 2.21. The van der Waals surface area contributed by atoms with E-state index >= 15 is 0 Å². The summed E-state index contributed by atoms with van der Waals surface area (Å²) >= 11 is 4.53. The third-order valence-corrected chi connectivity index (χ3v) is 4.66. The van der Waals surface area contributed by atoms with E-state index in [2.05, 4.69) is 41.5 Å². The van der Waals surface area contributed by atoms with E-state index in [-0.39, 0.29) is 17.4 Å². The number of carbonyl (C=O) groups is 1. The molecule has 0 spiro atoms. The van der Waals surface area contributed by atoms with E-state index in [1.165, 1.54) is 40.7 Å². The number of benzene rings is 2. The Balaban J connectivity index is 1.57. The number of ether oxygens (including phenoxy) is 1. The molecule has 1 N–H and O–H groups in total. The standard InChI is InChI=1S/C16H12BrF2N5O2S/c17-10-1-5-12(6-2-10)24-16(21-22-23-24)27-9-14(25)20-11-3-7-13(8-4-11)26-15(18)19/h1-8,15H,9H2,(H,20,25). The molecule has 27 heavy (non-hydrogen) atoms. The van der Waals surface area contributed by atoms with E-state index in [9.17, 15) is 13.6 Å². The van der Waals surface area contributed by atoms with Crippen LogP contribution in [0.25, 0.3) is 5.69 Å². The maximum Gasteiger partial charge on any atom is 0.387 e. The molecule has 2 aromatic carbocycles. The minimum Gasteiger partial charge on any atom is -0.435 e. The summed E-state index contributed by atoms with van der Waals surface area (Å²) in [5.74, 6) is -0.189. The Kier molecular flexibility index (Phi) is 6.35. The van der Waals surface area contributed by atoms with Crippen molar-refractivity contribution in [3.8, 4) is 11.4 Å². The molecule has 11 heteroatoms. The third kappa shape index (κ3) is 5.47. The van der Waals surface area contributed by atoms with Crippen molar-refractivity contribution in [2.24, 2.45) is 0 Å². The summed E-state index contributed by atoms with van der Waals surface area (Å²) in [6.45, 7) is -2.89. The van der Waals surface area contributed by atoms with Crippen molar-refractivity contribution >= 4 is 39.3 Å². The number of thioether (sulfide) groups is 1. The lowest BCUT2D eigenvalue weighted by Gasteiger charge is -2.07. The zero-order valence-electron chi connectivity index (χ0n) is 13.6. The van der Waals surface area contributed by atoms with Crippen LogP contribution in [0.5, 0.6) is 5.75 Å². The first-order chi connectivity index (χ1) is 13.0. The molecule has 0 aliphatic carbocycles. The Bertz CT molecular complexity index is 906. The Labute approximate surface area is 165 Å². The van der Waals surface area contributed by atoms with E-state index in [1.807, 2.05) is 24.3 Å². The summed E-state index contributed by atoms with van der Waals surface area (Å²) in [7, 11) is 0. The van der Waals surface area contributed by atoms with E-state index in [1.54, 1.807) is 0 Å². The van der Waals surface area contributed by atoms with Crippen LogP contribution in [0.2, 0.25) is 0 Å². The molecule has 0 bridgehead atoms. The molecule has 1 heterocycles. The number of rotatable bonds is 7. The highest BCUT2D eigenvalue weighted by molar-refractivity contribution is 9.10. The smallest absolute Gasteiger partial charge is 0.387 e. The summed E-state index contributed by atoms with van der Waals surface area (Å²) in [5.41, 5.74) is 1.23. The van der Waals surface area contributed by atoms with Crippen LogP contribution in [-0.4, -0.2) is 38.5 Å². The normalized spacial score (nSPS) is 10.8. The van der Waals surface area contributed by atoms with Crippen molar-refractivity contribution in [2.45, 2.75) is 11.8 Å². The van der Waals surface area contributed by atoms with Gasteiger partial charge in [0, 0.05) is 10.2 Å². The van der Waals surface area contributed by atoms with Crippen LogP contribution in [0.3, 0.4) is 0 Å². The number of tetrazole rings is 1. The highest BCUT2D eigenvalue weighted by atomic mass is 79.9. The van der Waals surface area contributed by atoms with Gasteiger partial charge in [-0.2, -0.15) is 13.5 Å². The molecule has 7 nitrogen and oxygen atoms in total. The van der Waals surface area contributed by atoms with Crippen molar-refractivity contribution < 1.29 is 18.3 Å². The maximum atomic E-state index is 12.1. The molecule has 0 fully saturated rings. The van der Waals surface area contributed by atoms with Crippen LogP contribution in [0.1, 0.15) is 0 Å². The fourth-order valence-corrected chi connectivity index (χ4v) is 3.02. The van der Waals surface area contributed by atoms with Crippen LogP contribution >= 0.6 is 27.7 Å². The molecule has 0 aliphatic rings. The summed E-state index contributed by atoms with van der Waals surface area (Å²) in [6, 6.07) is 13.1. The Hall–Kier alpha value is -2.53. The molecule has 0 unspecified atom stereocenters. The fraction of sp³-hybridized carbons (Fsp3) is 0.125. The molecule has 0 saturated carbocycles. The zero-order chi connectivity index (χ0) is 19.2. The number of nitrogens with zero attached hydrogens (tertiary/aromatic N) is 4. The third-order valence-electron chi connectivity index (χ3n) is 3.21. The number of alkyl halides is 2. The van der Waals surface area contributed by atoms with Gasteiger partial charge in [0.1, 0.15) is 5.75 Å². The number of hydrogen-bond acceptors (Lipinski definition) is 6. The monoisotopic (exact) mass is 455 g/mol. The quantitative estimate of drug-likeness (QED) is 0.546. The minimum atomic E-state index is -2.89. The molecule has 140 valence electrons. The first-order valence-corrected chi connectivity index (χ1v) is 9.31. The van der Waals surface area contributed by atoms with E-state index in [0.717, 1.165) is 10.2 Å². The Morgan fingerprint density at radius 3 is 2.56 bits per heavy atom. The van der Waals surface area contributed by atoms with Crippen LogP contribution in [0, 0.1) is 0 Å². The predicted molar refractivity (Wildman–Crippen MR) is 99.3 cm³/mol. The Morgan fingerprint density at radius 2 is 1.89 bits per heavy atom. The SMILES string of the molecule is O=C(CSc1nnnn1-c1ccc(Br)cc1)Nc1ccc(OC(F)F)cc1. The van der Waals surface area contributed by atoms with Crippen molar-refractivity contribution in [3.63, 3.8) is 0 Å². The predicted octanol–water partition coefficient (Wildman–Crippen LogP) is 3.76. The summed E-state index contributed by atoms with van der Waals surface area (Å²) in [5, 5.41) is 14.6. The second-order valence-electron chi connectivity index (χ2n) is 5.09. The molecular weight excluding hydrogens is 444 g/mol. The molecular formula is C16H12BrF2N5O2S. The lowest BCUT2D eigenvalue weighted by molar-refractivity contribution is -0.113. The fourth-order valence-electron chi connectivity index (χ4n) is 2.06. The molecule has 0 radical (unpaired) electrons. The number of aromatic nitrogens is 4. The van der Waals surface area contributed by atoms with E-state index in [4.69, 9.17) is 0 Å². The van der Waals surface area contributed by atoms with Crippen LogP contribution < -0.4 is 10.1 Å². The van der Waals surface area contributed by atoms with Crippen LogP contribution in [-0.2, 0) is 4.79 Å². The van der Waals surface area contributed by atoms with Gasteiger partial charge in [-0.3, -0.25) is 4.79 Å². The number of nitrogens with one attached hydrogen (secondary N) is 1. The van der Waals surface area contributed by atoms with Gasteiger partial charge in [-0.15, -0.1) is 5.10 Å². The van der Waals surface area contributed by atoms with Crippen molar-refractivity contribution in [1.82, 2.24) is 20.2 Å². The maximum absolute atomic E-state index is 12.1. The topological polar surface area (TPSA) is 81.9 Å². The number of halogens is 3. The van der Waals surface area contributed by atoms with Gasteiger partial charge < -0.3 is 10.1 Å². The van der Waals surface area contributed by atoms with Gasteiger partial charge in [0.15, 0.2) is 0 Å². The first-order valence-electron chi connectivity index (χ1n) is 7.53. The molecule has 0 aliphatic heterocycles. The molecule has 0 atom stereocenters. The molecule has 1 amide bonds. The number of hydrogen-bond donors (Lipinski definition) is 1. The van der Waals surface area contributed by atoms with Gasteiger partial charge in [-0.1, -0.05) is 27.7 Å². The van der Waals surface area contributed by atoms with Crippen molar-refractivity contribution in [1.29, 1.82) is 0 Å². The average molecular weight is 456 g/mol. The molecule has 3 aromatic rings. The molecule has 0 saturated heterocycles. The lowest BCUT2D eigenvalue weighted by atomic mass is 10.3. The van der Waals surface area contributed by atoms with E-state index in [0.29, 0.717) is 10.8 Å². The van der Waals surface area contributed by atoms with Gasteiger partial charge in [-0.25, -0.2) is 0 Å². The van der Waals surface area contributed by atoms with Crippen LogP contribution in [0.4, 0.5) is 14.5 Å². The minimum absolute atomic E-state index is 0.0195. The first kappa shape index (κ1) is 19.2. The van der Waals surface area contributed by atoms with Gasteiger partial charge in [0.2, 0.25) is 11.1 Å². The highest BCUT2D eigenvalue weighted by Gasteiger charge is 2.12. The number of anilines is 1. The Morgan fingerprint density at radius 1 is 1.19 bits per heavy atom. The second kappa shape index (κ2) is 8.91. The molecule has 1 aromatic heterocycles. The largest absolute Gasteiger partial charge is 0.435 e. The summed E-state index contributed by atoms with van der Waals surface area (Å²) in [4.78, 5) is 12.1. The zero-order valence-corrected chi connectivity index (χ0v) is 16.0. The molecule has 3 rings (SSSR count). The number of amides is 1. The van der Waals surface area contributed by atoms with Gasteiger partial charge in [0.05, 0.1) is 11.4 Å². The average Bonchev–Trinajstić information content (AvgIpc) is 3.10. The summed E-state index contributed by atoms with van der Waals surface area (Å²) < 4.78 is 31.0. The van der Waals surface area contributed by atoms with E-state index < -0.39 is 6.61 Å². The summed E-state index contributed by atoms with van der Waals surface area (Å²) in [6.07, 6.45) is 0. The number of carbonyl (C=O) groups excluding carboxylic acids is 1. The van der Waals surface area contributed by atoms with Gasteiger partial charge in [0.25, 0.3) is 0 Å².